The Morgan fingerprint density at radius 2 is 1.92 bits per heavy atom. The van der Waals surface area contributed by atoms with E-state index in [1.165, 1.54) is 25.4 Å². The second-order valence-corrected chi connectivity index (χ2v) is 6.58. The van der Waals surface area contributed by atoms with Crippen LogP contribution in [0.1, 0.15) is 23.6 Å². The highest BCUT2D eigenvalue weighted by atomic mass is 32.1. The fourth-order valence-corrected chi connectivity index (χ4v) is 2.91. The largest absolute Gasteiger partial charge is 0.467 e. The van der Waals surface area contributed by atoms with Crippen LogP contribution in [0.5, 0.6) is 0 Å². The lowest BCUT2D eigenvalue weighted by molar-refractivity contribution is -0.384. The maximum absolute atomic E-state index is 12.3. The van der Waals surface area contributed by atoms with Crippen LogP contribution >= 0.6 is 11.3 Å². The van der Waals surface area contributed by atoms with Gasteiger partial charge >= 0.3 is 5.97 Å². The molecule has 1 N–H and O–H groups in total. The van der Waals surface area contributed by atoms with Crippen LogP contribution < -0.4 is 5.32 Å². The molecule has 1 aromatic carbocycles. The Labute approximate surface area is 148 Å². The van der Waals surface area contributed by atoms with Gasteiger partial charge in [-0.3, -0.25) is 14.9 Å². The number of nitrogens with one attached hydrogen (secondary N) is 1. The van der Waals surface area contributed by atoms with E-state index in [0.29, 0.717) is 4.88 Å². The molecule has 1 amide bonds. The Kier molecular flexibility index (Phi) is 5.81. The van der Waals surface area contributed by atoms with Crippen molar-refractivity contribution in [3.05, 3.63) is 45.6 Å². The number of carbonyl (C=O) groups excluding carboxylic acids is 2. The monoisotopic (exact) mass is 363 g/mol. The molecule has 25 heavy (non-hydrogen) atoms. The van der Waals surface area contributed by atoms with Crippen molar-refractivity contribution in [1.82, 2.24) is 10.3 Å². The van der Waals surface area contributed by atoms with E-state index in [1.807, 2.05) is 0 Å². The van der Waals surface area contributed by atoms with Crippen molar-refractivity contribution in [3.8, 4) is 10.4 Å². The van der Waals surface area contributed by atoms with Crippen LogP contribution in [0.15, 0.2) is 30.5 Å². The van der Waals surface area contributed by atoms with Crippen molar-refractivity contribution in [2.45, 2.75) is 19.9 Å². The van der Waals surface area contributed by atoms with Crippen molar-refractivity contribution in [2.24, 2.45) is 5.92 Å². The predicted molar refractivity (Wildman–Crippen MR) is 92.3 cm³/mol. The van der Waals surface area contributed by atoms with Crippen LogP contribution in [-0.4, -0.2) is 34.9 Å². The molecular weight excluding hydrogens is 346 g/mol. The molecule has 1 aromatic heterocycles. The fraction of sp³-hybridized carbons (Fsp3) is 0.312. The Morgan fingerprint density at radius 3 is 2.44 bits per heavy atom. The molecule has 8 nitrogen and oxygen atoms in total. The average Bonchev–Trinajstić information content (AvgIpc) is 3.08. The van der Waals surface area contributed by atoms with Crippen molar-refractivity contribution in [3.63, 3.8) is 0 Å². The van der Waals surface area contributed by atoms with Crippen LogP contribution in [0.25, 0.3) is 10.4 Å². The summed E-state index contributed by atoms with van der Waals surface area (Å²) in [6.07, 6.45) is 1.52. The number of nitrogens with zero attached hydrogens (tertiary/aromatic N) is 2. The first-order valence-corrected chi connectivity index (χ1v) is 8.24. The van der Waals surface area contributed by atoms with Gasteiger partial charge in [0.05, 0.1) is 16.9 Å². The molecule has 9 heteroatoms. The molecule has 0 aliphatic heterocycles. The third-order valence-electron chi connectivity index (χ3n) is 3.47. The van der Waals surface area contributed by atoms with Gasteiger partial charge in [0, 0.05) is 18.3 Å². The highest BCUT2D eigenvalue weighted by Gasteiger charge is 2.26. The number of rotatable bonds is 6. The summed E-state index contributed by atoms with van der Waals surface area (Å²) in [4.78, 5) is 39.0. The molecule has 0 spiro atoms. The summed E-state index contributed by atoms with van der Waals surface area (Å²) in [6, 6.07) is 5.21. The maximum Gasteiger partial charge on any atom is 0.328 e. The average molecular weight is 363 g/mol. The van der Waals surface area contributed by atoms with E-state index in [1.54, 1.807) is 26.0 Å². The van der Waals surface area contributed by atoms with Crippen LogP contribution in [0.2, 0.25) is 0 Å². The number of hydrogen-bond acceptors (Lipinski definition) is 7. The summed E-state index contributed by atoms with van der Waals surface area (Å²) < 4.78 is 4.69. The SMILES string of the molecule is COC(=O)[C@H](NC(=O)c1ncc(-c2ccc([N+](=O)[O-])cc2)s1)C(C)C. The minimum atomic E-state index is -0.760. The molecule has 0 saturated carbocycles. The number of methoxy groups -OCH3 is 1. The lowest BCUT2D eigenvalue weighted by atomic mass is 10.0. The maximum atomic E-state index is 12.3. The van der Waals surface area contributed by atoms with E-state index in [4.69, 9.17) is 0 Å². The number of benzene rings is 1. The first-order chi connectivity index (χ1) is 11.8. The molecule has 0 unspecified atom stereocenters. The van der Waals surface area contributed by atoms with Crippen molar-refractivity contribution < 1.29 is 19.2 Å². The van der Waals surface area contributed by atoms with Crippen molar-refractivity contribution in [1.29, 1.82) is 0 Å². The molecule has 0 aliphatic rings. The molecule has 1 atom stereocenters. The summed E-state index contributed by atoms with van der Waals surface area (Å²) in [5, 5.41) is 13.5. The zero-order valence-electron chi connectivity index (χ0n) is 13.9. The van der Waals surface area contributed by atoms with E-state index >= 15 is 0 Å². The quantitative estimate of drug-likeness (QED) is 0.480. The number of non-ortho nitro benzene ring substituents is 1. The summed E-state index contributed by atoms with van der Waals surface area (Å²) in [5.74, 6) is -1.12. The molecule has 132 valence electrons. The minimum absolute atomic E-state index is 0.0101. The zero-order valence-corrected chi connectivity index (χ0v) is 14.7. The van der Waals surface area contributed by atoms with Gasteiger partial charge in [-0.15, -0.1) is 11.3 Å². The number of nitro benzene ring substituents is 1. The van der Waals surface area contributed by atoms with Gasteiger partial charge in [0.1, 0.15) is 6.04 Å². The first kappa shape index (κ1) is 18.5. The highest BCUT2D eigenvalue weighted by molar-refractivity contribution is 7.17. The summed E-state index contributed by atoms with van der Waals surface area (Å²) >= 11 is 1.14. The van der Waals surface area contributed by atoms with Crippen LogP contribution in [0.3, 0.4) is 0 Å². The number of amides is 1. The van der Waals surface area contributed by atoms with Gasteiger partial charge in [0.25, 0.3) is 11.6 Å². The number of esters is 1. The Hall–Kier alpha value is -2.81. The minimum Gasteiger partial charge on any atom is -0.467 e. The van der Waals surface area contributed by atoms with E-state index in [-0.39, 0.29) is 16.6 Å². The predicted octanol–water partition coefficient (Wildman–Crippen LogP) is 2.65. The Morgan fingerprint density at radius 1 is 1.28 bits per heavy atom. The number of nitro groups is 1. The first-order valence-electron chi connectivity index (χ1n) is 7.42. The molecule has 0 aliphatic carbocycles. The van der Waals surface area contributed by atoms with E-state index < -0.39 is 22.8 Å². The van der Waals surface area contributed by atoms with Crippen LogP contribution in [0.4, 0.5) is 5.69 Å². The third kappa shape index (κ3) is 4.38. The molecule has 0 fully saturated rings. The number of hydrogen-bond donors (Lipinski definition) is 1. The molecule has 2 aromatic rings. The number of thiazole rings is 1. The van der Waals surface area contributed by atoms with E-state index in [0.717, 1.165) is 16.9 Å². The standard InChI is InChI=1S/C16H17N3O5S/c1-9(2)13(16(21)24-3)18-14(20)15-17-8-12(25-15)10-4-6-11(7-5-10)19(22)23/h4-9,13H,1-3H3,(H,18,20)/t13-/m1/s1. The number of aromatic nitrogens is 1. The zero-order chi connectivity index (χ0) is 18.6. The third-order valence-corrected chi connectivity index (χ3v) is 4.52. The molecule has 1 heterocycles. The van der Waals surface area contributed by atoms with E-state index in [9.17, 15) is 19.7 Å². The smallest absolute Gasteiger partial charge is 0.328 e. The van der Waals surface area contributed by atoms with Gasteiger partial charge in [-0.1, -0.05) is 13.8 Å². The van der Waals surface area contributed by atoms with Gasteiger partial charge in [0.2, 0.25) is 0 Å². The lowest BCUT2D eigenvalue weighted by Crippen LogP contribution is -2.44. The summed E-state index contributed by atoms with van der Waals surface area (Å²) in [5.41, 5.74) is 0.708. The van der Waals surface area contributed by atoms with Crippen molar-refractivity contribution in [2.75, 3.05) is 7.11 Å². The molecule has 0 radical (unpaired) electrons. The number of carbonyl (C=O) groups is 2. The molecular formula is C16H17N3O5S. The second-order valence-electron chi connectivity index (χ2n) is 5.55. The molecule has 0 bridgehead atoms. The second kappa shape index (κ2) is 7.84. The fourth-order valence-electron chi connectivity index (χ4n) is 2.09. The summed E-state index contributed by atoms with van der Waals surface area (Å²) in [6.45, 7) is 3.60. The van der Waals surface area contributed by atoms with Crippen LogP contribution in [-0.2, 0) is 9.53 Å². The van der Waals surface area contributed by atoms with Gasteiger partial charge in [-0.25, -0.2) is 9.78 Å². The summed E-state index contributed by atoms with van der Waals surface area (Å²) in [7, 11) is 1.26. The Balaban J connectivity index is 2.15. The normalized spacial score (nSPS) is 11.8. The lowest BCUT2D eigenvalue weighted by Gasteiger charge is -2.18. The topological polar surface area (TPSA) is 111 Å². The molecule has 2 rings (SSSR count). The highest BCUT2D eigenvalue weighted by Crippen LogP contribution is 2.27. The van der Waals surface area contributed by atoms with Gasteiger partial charge in [0.15, 0.2) is 5.01 Å². The molecule has 0 saturated heterocycles. The Bertz CT molecular complexity index is 785. The van der Waals surface area contributed by atoms with E-state index in [2.05, 4.69) is 15.0 Å². The van der Waals surface area contributed by atoms with Gasteiger partial charge in [-0.2, -0.15) is 0 Å². The van der Waals surface area contributed by atoms with Crippen molar-refractivity contribution >= 4 is 28.9 Å². The van der Waals surface area contributed by atoms with Gasteiger partial charge < -0.3 is 10.1 Å². The number of ether oxygens (including phenoxy) is 1. The van der Waals surface area contributed by atoms with Crippen LogP contribution in [0, 0.1) is 16.0 Å². The van der Waals surface area contributed by atoms with Gasteiger partial charge in [-0.05, 0) is 23.6 Å².